The van der Waals surface area contributed by atoms with E-state index in [9.17, 15) is 9.90 Å². The zero-order valence-corrected chi connectivity index (χ0v) is 19.8. The lowest BCUT2D eigenvalue weighted by Crippen LogP contribution is -2.26. The topological polar surface area (TPSA) is 82.3 Å². The molecule has 1 heterocycles. The highest BCUT2D eigenvalue weighted by atomic mass is 16.6. The summed E-state index contributed by atoms with van der Waals surface area (Å²) in [6, 6.07) is 15.9. The molecule has 4 rings (SSSR count). The van der Waals surface area contributed by atoms with Gasteiger partial charge in [0.2, 0.25) is 0 Å². The maximum absolute atomic E-state index is 11.3. The second-order valence-electron chi connectivity index (χ2n) is 8.68. The number of hydrogen-bond acceptors (Lipinski definition) is 5. The van der Waals surface area contributed by atoms with Crippen molar-refractivity contribution in [3.8, 4) is 5.75 Å². The molecule has 0 bridgehead atoms. The zero-order valence-electron chi connectivity index (χ0n) is 19.8. The van der Waals surface area contributed by atoms with Gasteiger partial charge in [0.1, 0.15) is 19.0 Å². The minimum atomic E-state index is -0.947. The van der Waals surface area contributed by atoms with Crippen molar-refractivity contribution in [3.05, 3.63) is 65.9 Å². The highest BCUT2D eigenvalue weighted by Gasteiger charge is 2.22. The highest BCUT2D eigenvalue weighted by molar-refractivity contribution is 6.01. The molecule has 0 amide bonds. The van der Waals surface area contributed by atoms with Crippen LogP contribution in [0.5, 0.6) is 5.75 Å². The molecule has 1 aliphatic carbocycles. The number of aliphatic carboxylic acids is 1. The quantitative estimate of drug-likeness (QED) is 0.287. The van der Waals surface area contributed by atoms with Crippen molar-refractivity contribution < 1.29 is 24.2 Å². The van der Waals surface area contributed by atoms with Crippen molar-refractivity contribution >= 4 is 22.6 Å². The molecular formula is C27H32N2O5. The Bertz CT molecular complexity index is 1130. The molecule has 180 valence electrons. The molecule has 1 aliphatic rings. The summed E-state index contributed by atoms with van der Waals surface area (Å²) in [7, 11) is 0. The van der Waals surface area contributed by atoms with Crippen LogP contribution in [0.15, 0.2) is 59.9 Å². The summed E-state index contributed by atoms with van der Waals surface area (Å²) in [6.45, 7) is 6.10. The Labute approximate surface area is 199 Å². The van der Waals surface area contributed by atoms with Crippen molar-refractivity contribution in [1.29, 1.82) is 0 Å². The minimum Gasteiger partial charge on any atom is -0.492 e. The van der Waals surface area contributed by atoms with E-state index >= 15 is 0 Å². The third kappa shape index (κ3) is 6.38. The van der Waals surface area contributed by atoms with Crippen molar-refractivity contribution in [1.82, 2.24) is 4.57 Å². The van der Waals surface area contributed by atoms with Crippen LogP contribution in [0.2, 0.25) is 0 Å². The number of carboxylic acid groups (broad SMARTS) is 1. The number of nitrogens with zero attached hydrogens (tertiary/aromatic N) is 2. The summed E-state index contributed by atoms with van der Waals surface area (Å²) in [6.07, 6.45) is 4.08. The van der Waals surface area contributed by atoms with Gasteiger partial charge in [0.05, 0.1) is 12.3 Å². The lowest BCUT2D eigenvalue weighted by molar-refractivity contribution is -0.149. The number of oxime groups is 1. The molecule has 0 radical (unpaired) electrons. The Balaban J connectivity index is 1.30. The first-order valence-corrected chi connectivity index (χ1v) is 11.9. The van der Waals surface area contributed by atoms with Crippen LogP contribution < -0.4 is 4.74 Å². The van der Waals surface area contributed by atoms with Crippen LogP contribution >= 0.6 is 0 Å². The zero-order chi connectivity index (χ0) is 23.9. The summed E-state index contributed by atoms with van der Waals surface area (Å²) in [4.78, 5) is 16.7. The Kier molecular flexibility index (Phi) is 7.85. The molecule has 1 unspecified atom stereocenters. The SMILES string of the molecule is CCOC(Cc1ccc(OCCn2ccc3cc(/C(C)=N/OCC4CC4)ccc32)cc1)C(=O)O. The molecule has 3 aromatic rings. The molecular weight excluding hydrogens is 432 g/mol. The molecule has 0 saturated heterocycles. The van der Waals surface area contributed by atoms with Gasteiger partial charge in [0.25, 0.3) is 0 Å². The third-order valence-corrected chi connectivity index (χ3v) is 5.99. The fraction of sp³-hybridized carbons (Fsp3) is 0.407. The lowest BCUT2D eigenvalue weighted by Gasteiger charge is -2.13. The first kappa shape index (κ1) is 23.8. The van der Waals surface area contributed by atoms with Crippen LogP contribution in [-0.4, -0.2) is 47.3 Å². The average Bonchev–Trinajstić information content (AvgIpc) is 3.58. The van der Waals surface area contributed by atoms with E-state index < -0.39 is 12.1 Å². The van der Waals surface area contributed by atoms with Crippen molar-refractivity contribution in [3.63, 3.8) is 0 Å². The predicted molar refractivity (Wildman–Crippen MR) is 132 cm³/mol. The van der Waals surface area contributed by atoms with E-state index in [-0.39, 0.29) is 0 Å². The molecule has 34 heavy (non-hydrogen) atoms. The van der Waals surface area contributed by atoms with E-state index in [4.69, 9.17) is 14.3 Å². The van der Waals surface area contributed by atoms with Gasteiger partial charge in [-0.1, -0.05) is 23.4 Å². The van der Waals surface area contributed by atoms with Crippen molar-refractivity contribution in [2.45, 2.75) is 45.8 Å². The molecule has 7 nitrogen and oxygen atoms in total. The van der Waals surface area contributed by atoms with Crippen LogP contribution in [0.1, 0.15) is 37.8 Å². The lowest BCUT2D eigenvalue weighted by atomic mass is 10.1. The van der Waals surface area contributed by atoms with Crippen molar-refractivity contribution in [2.24, 2.45) is 11.1 Å². The average molecular weight is 465 g/mol. The normalized spacial score (nSPS) is 14.8. The Morgan fingerprint density at radius 1 is 1.18 bits per heavy atom. The smallest absolute Gasteiger partial charge is 0.333 e. The molecule has 2 aromatic carbocycles. The second-order valence-corrected chi connectivity index (χ2v) is 8.68. The van der Waals surface area contributed by atoms with E-state index in [1.807, 2.05) is 31.2 Å². The second kappa shape index (κ2) is 11.2. The van der Waals surface area contributed by atoms with Gasteiger partial charge in [-0.05, 0) is 74.1 Å². The Morgan fingerprint density at radius 2 is 1.97 bits per heavy atom. The predicted octanol–water partition coefficient (Wildman–Crippen LogP) is 4.90. The maximum atomic E-state index is 11.3. The monoisotopic (exact) mass is 464 g/mol. The van der Waals surface area contributed by atoms with Gasteiger partial charge in [0, 0.05) is 30.1 Å². The summed E-state index contributed by atoms with van der Waals surface area (Å²) in [5.74, 6) is 0.499. The highest BCUT2D eigenvalue weighted by Crippen LogP contribution is 2.29. The van der Waals surface area contributed by atoms with Gasteiger partial charge in [-0.15, -0.1) is 0 Å². The first-order chi connectivity index (χ1) is 16.5. The number of benzene rings is 2. The Hall–Kier alpha value is -3.32. The van der Waals surface area contributed by atoms with Crippen LogP contribution in [0.3, 0.4) is 0 Å². The van der Waals surface area contributed by atoms with E-state index in [0.717, 1.165) is 40.1 Å². The van der Waals surface area contributed by atoms with Crippen LogP contribution in [0.4, 0.5) is 0 Å². The summed E-state index contributed by atoms with van der Waals surface area (Å²) >= 11 is 0. The molecule has 0 spiro atoms. The fourth-order valence-electron chi connectivity index (χ4n) is 3.81. The summed E-state index contributed by atoms with van der Waals surface area (Å²) < 4.78 is 13.4. The number of ether oxygens (including phenoxy) is 2. The molecule has 1 N–H and O–H groups in total. The standard InChI is InChI=1S/C27H32N2O5/c1-3-32-26(27(30)31)16-20-6-9-24(10-7-20)33-15-14-29-13-12-23-17-22(8-11-25(23)29)19(2)28-34-18-21-4-5-21/h6-13,17,21,26H,3-5,14-16,18H2,1-2H3,(H,30,31)/b28-19+. The molecule has 7 heteroatoms. The summed E-state index contributed by atoms with van der Waals surface area (Å²) in [5, 5.41) is 14.7. The van der Waals surface area contributed by atoms with Crippen LogP contribution in [0.25, 0.3) is 10.9 Å². The number of hydrogen-bond donors (Lipinski definition) is 1. The molecule has 1 saturated carbocycles. The van der Waals surface area contributed by atoms with Gasteiger partial charge in [-0.3, -0.25) is 0 Å². The molecule has 0 aliphatic heterocycles. The largest absolute Gasteiger partial charge is 0.492 e. The number of rotatable bonds is 13. The Morgan fingerprint density at radius 3 is 2.68 bits per heavy atom. The molecule has 1 atom stereocenters. The fourth-order valence-corrected chi connectivity index (χ4v) is 3.81. The van der Waals surface area contributed by atoms with E-state index in [2.05, 4.69) is 40.2 Å². The summed E-state index contributed by atoms with van der Waals surface area (Å²) in [5.41, 5.74) is 3.99. The van der Waals surface area contributed by atoms with E-state index in [1.165, 1.54) is 12.8 Å². The van der Waals surface area contributed by atoms with Crippen molar-refractivity contribution in [2.75, 3.05) is 19.8 Å². The van der Waals surface area contributed by atoms with Gasteiger partial charge < -0.3 is 24.0 Å². The number of aromatic nitrogens is 1. The number of carbonyl (C=O) groups is 1. The van der Waals surface area contributed by atoms with Crippen LogP contribution in [0, 0.1) is 5.92 Å². The number of carboxylic acids is 1. The van der Waals surface area contributed by atoms with E-state index in [1.54, 1.807) is 6.92 Å². The minimum absolute atomic E-state index is 0.331. The number of fused-ring (bicyclic) bond motifs is 1. The van der Waals surface area contributed by atoms with E-state index in [0.29, 0.717) is 32.1 Å². The van der Waals surface area contributed by atoms with Gasteiger partial charge in [-0.25, -0.2) is 4.79 Å². The third-order valence-electron chi connectivity index (χ3n) is 5.99. The van der Waals surface area contributed by atoms with Gasteiger partial charge in [0.15, 0.2) is 6.10 Å². The van der Waals surface area contributed by atoms with Gasteiger partial charge in [-0.2, -0.15) is 0 Å². The first-order valence-electron chi connectivity index (χ1n) is 11.9. The maximum Gasteiger partial charge on any atom is 0.333 e. The van der Waals surface area contributed by atoms with Gasteiger partial charge >= 0.3 is 5.97 Å². The van der Waals surface area contributed by atoms with Crippen LogP contribution in [-0.2, 0) is 27.3 Å². The molecule has 1 aromatic heterocycles. The molecule has 1 fully saturated rings.